The highest BCUT2D eigenvalue weighted by Crippen LogP contribution is 2.11. The highest BCUT2D eigenvalue weighted by atomic mass is 127. The van der Waals surface area contributed by atoms with E-state index in [4.69, 9.17) is 0 Å². The van der Waals surface area contributed by atoms with E-state index in [1.807, 2.05) is 13.2 Å². The van der Waals surface area contributed by atoms with Gasteiger partial charge in [-0.1, -0.05) is 30.3 Å². The highest BCUT2D eigenvalue weighted by molar-refractivity contribution is 14.0. The van der Waals surface area contributed by atoms with Crippen LogP contribution in [0.15, 0.2) is 41.5 Å². The molecule has 150 valence electrons. The number of thiazole rings is 1. The number of guanidine groups is 1. The van der Waals surface area contributed by atoms with Gasteiger partial charge >= 0.3 is 0 Å². The smallest absolute Gasteiger partial charge is 0.190 e. The van der Waals surface area contributed by atoms with Crippen molar-refractivity contribution in [2.75, 3.05) is 27.2 Å². The van der Waals surface area contributed by atoms with Crippen molar-refractivity contribution in [1.82, 2.24) is 20.5 Å². The molecule has 2 aromatic rings. The minimum Gasteiger partial charge on any atom is -0.356 e. The first-order valence-corrected chi connectivity index (χ1v) is 10.00. The number of halogens is 1. The molecule has 1 unspecified atom stereocenters. The lowest BCUT2D eigenvalue weighted by atomic mass is 10.1. The Balaban J connectivity index is 0.00000364. The van der Waals surface area contributed by atoms with E-state index in [0.717, 1.165) is 38.4 Å². The molecular weight excluding hydrogens is 469 g/mol. The molecule has 0 saturated carbocycles. The average molecular weight is 501 g/mol. The first-order chi connectivity index (χ1) is 12.6. The normalized spacial score (nSPS) is 12.6. The molecule has 1 aromatic heterocycles. The Morgan fingerprint density at radius 1 is 1.22 bits per heavy atom. The van der Waals surface area contributed by atoms with Crippen LogP contribution in [-0.2, 0) is 13.0 Å². The summed E-state index contributed by atoms with van der Waals surface area (Å²) in [6, 6.07) is 11.1. The van der Waals surface area contributed by atoms with E-state index in [1.54, 1.807) is 11.3 Å². The zero-order valence-corrected chi connectivity index (χ0v) is 19.9. The molecule has 2 N–H and O–H groups in total. The lowest BCUT2D eigenvalue weighted by molar-refractivity contribution is 0.238. The summed E-state index contributed by atoms with van der Waals surface area (Å²) < 4.78 is 0. The summed E-state index contributed by atoms with van der Waals surface area (Å²) in [5.41, 5.74) is 1.35. The van der Waals surface area contributed by atoms with Crippen molar-refractivity contribution in [1.29, 1.82) is 0 Å². The fourth-order valence-electron chi connectivity index (χ4n) is 2.67. The number of nitrogens with one attached hydrogen (secondary N) is 2. The van der Waals surface area contributed by atoms with E-state index in [0.29, 0.717) is 6.04 Å². The van der Waals surface area contributed by atoms with Gasteiger partial charge in [0.25, 0.3) is 0 Å². The Bertz CT molecular complexity index is 674. The summed E-state index contributed by atoms with van der Waals surface area (Å²) in [5.74, 6) is 0.858. The molecule has 1 aromatic carbocycles. The minimum absolute atomic E-state index is 0. The summed E-state index contributed by atoms with van der Waals surface area (Å²) in [6.45, 7) is 7.07. The van der Waals surface area contributed by atoms with Crippen LogP contribution in [0.4, 0.5) is 0 Å². The molecule has 5 nitrogen and oxygen atoms in total. The van der Waals surface area contributed by atoms with Gasteiger partial charge in [0.1, 0.15) is 0 Å². The van der Waals surface area contributed by atoms with Crippen molar-refractivity contribution in [2.24, 2.45) is 4.99 Å². The second-order valence-corrected chi connectivity index (χ2v) is 7.90. The molecule has 0 aliphatic heterocycles. The van der Waals surface area contributed by atoms with Gasteiger partial charge in [-0.2, -0.15) is 0 Å². The zero-order valence-electron chi connectivity index (χ0n) is 16.7. The Hall–Kier alpha value is -1.19. The van der Waals surface area contributed by atoms with Crippen LogP contribution in [0.1, 0.15) is 28.8 Å². The monoisotopic (exact) mass is 501 g/mol. The molecule has 0 aliphatic rings. The van der Waals surface area contributed by atoms with E-state index < -0.39 is 0 Å². The van der Waals surface area contributed by atoms with Crippen LogP contribution < -0.4 is 10.6 Å². The fraction of sp³-hybridized carbons (Fsp3) is 0.500. The molecule has 0 spiro atoms. The van der Waals surface area contributed by atoms with Gasteiger partial charge in [0.15, 0.2) is 5.96 Å². The van der Waals surface area contributed by atoms with Crippen LogP contribution in [0.25, 0.3) is 0 Å². The predicted molar refractivity (Wildman–Crippen MR) is 127 cm³/mol. The number of aliphatic imine (C=N–C) groups is 1. The van der Waals surface area contributed by atoms with Crippen LogP contribution in [0.2, 0.25) is 0 Å². The SMILES string of the molecule is CN=C(NCCc1ncc(C)s1)NCCC(C)N(C)Cc1ccccc1.I. The third-order valence-electron chi connectivity index (χ3n) is 4.41. The maximum absolute atomic E-state index is 4.39. The predicted octanol–water partition coefficient (Wildman–Crippen LogP) is 3.69. The Morgan fingerprint density at radius 3 is 2.56 bits per heavy atom. The molecule has 0 amide bonds. The topological polar surface area (TPSA) is 52.6 Å². The van der Waals surface area contributed by atoms with Gasteiger partial charge in [-0.15, -0.1) is 35.3 Å². The van der Waals surface area contributed by atoms with Crippen molar-refractivity contribution in [3.8, 4) is 0 Å². The first kappa shape index (κ1) is 23.8. The summed E-state index contributed by atoms with van der Waals surface area (Å²) in [5, 5.41) is 7.94. The third kappa shape index (κ3) is 9.03. The van der Waals surface area contributed by atoms with Crippen molar-refractivity contribution in [2.45, 2.75) is 39.3 Å². The molecule has 0 saturated heterocycles. The lowest BCUT2D eigenvalue weighted by Crippen LogP contribution is -2.40. The quantitative estimate of drug-likeness (QED) is 0.313. The van der Waals surface area contributed by atoms with Crippen LogP contribution in [-0.4, -0.2) is 49.1 Å². The summed E-state index contributed by atoms with van der Waals surface area (Å²) in [7, 11) is 3.99. The molecule has 27 heavy (non-hydrogen) atoms. The van der Waals surface area contributed by atoms with Crippen LogP contribution in [0, 0.1) is 6.92 Å². The molecule has 0 aliphatic carbocycles. The van der Waals surface area contributed by atoms with Gasteiger partial charge in [-0.3, -0.25) is 9.89 Å². The minimum atomic E-state index is 0. The largest absolute Gasteiger partial charge is 0.356 e. The standard InChI is InChI=1S/C20H31N5S.HI/c1-16(25(4)15-18-8-6-5-7-9-18)10-12-22-20(21-3)23-13-11-19-24-14-17(2)26-19;/h5-9,14,16H,10-13,15H2,1-4H3,(H2,21,22,23);1H. The molecule has 7 heteroatoms. The maximum atomic E-state index is 4.39. The second-order valence-electron chi connectivity index (χ2n) is 6.58. The summed E-state index contributed by atoms with van der Waals surface area (Å²) >= 11 is 1.76. The Kier molecular flexibility index (Phi) is 11.5. The van der Waals surface area contributed by atoms with Crippen molar-refractivity contribution < 1.29 is 0 Å². The number of aryl methyl sites for hydroxylation is 1. The van der Waals surface area contributed by atoms with Crippen LogP contribution in [0.5, 0.6) is 0 Å². The molecule has 1 heterocycles. The first-order valence-electron chi connectivity index (χ1n) is 9.18. The number of aromatic nitrogens is 1. The molecule has 0 bridgehead atoms. The Labute approximate surface area is 184 Å². The molecule has 0 fully saturated rings. The number of hydrogen-bond acceptors (Lipinski definition) is 4. The number of nitrogens with zero attached hydrogens (tertiary/aromatic N) is 3. The number of benzene rings is 1. The van der Waals surface area contributed by atoms with E-state index in [2.05, 4.69) is 76.7 Å². The molecule has 2 rings (SSSR count). The van der Waals surface area contributed by atoms with Gasteiger partial charge in [0.2, 0.25) is 0 Å². The van der Waals surface area contributed by atoms with Gasteiger partial charge < -0.3 is 10.6 Å². The lowest BCUT2D eigenvalue weighted by Gasteiger charge is -2.25. The van der Waals surface area contributed by atoms with Crippen molar-refractivity contribution in [3.05, 3.63) is 52.0 Å². The number of rotatable bonds is 9. The van der Waals surface area contributed by atoms with E-state index >= 15 is 0 Å². The second kappa shape index (κ2) is 13.1. The zero-order chi connectivity index (χ0) is 18.8. The van der Waals surface area contributed by atoms with Gasteiger partial charge in [-0.05, 0) is 32.9 Å². The van der Waals surface area contributed by atoms with E-state index in [-0.39, 0.29) is 24.0 Å². The summed E-state index contributed by atoms with van der Waals surface area (Å²) in [6.07, 6.45) is 3.92. The summed E-state index contributed by atoms with van der Waals surface area (Å²) in [4.78, 5) is 12.3. The molecule has 1 atom stereocenters. The third-order valence-corrected chi connectivity index (χ3v) is 5.38. The fourth-order valence-corrected chi connectivity index (χ4v) is 3.46. The van der Waals surface area contributed by atoms with Crippen molar-refractivity contribution in [3.63, 3.8) is 0 Å². The van der Waals surface area contributed by atoms with Gasteiger partial charge in [0, 0.05) is 50.2 Å². The van der Waals surface area contributed by atoms with E-state index in [9.17, 15) is 0 Å². The number of hydrogen-bond donors (Lipinski definition) is 2. The Morgan fingerprint density at radius 2 is 1.93 bits per heavy atom. The van der Waals surface area contributed by atoms with Crippen molar-refractivity contribution >= 4 is 41.3 Å². The van der Waals surface area contributed by atoms with Crippen LogP contribution >= 0.6 is 35.3 Å². The average Bonchev–Trinajstić information content (AvgIpc) is 3.06. The van der Waals surface area contributed by atoms with Gasteiger partial charge in [-0.25, -0.2) is 4.98 Å². The van der Waals surface area contributed by atoms with Crippen LogP contribution in [0.3, 0.4) is 0 Å². The highest BCUT2D eigenvalue weighted by Gasteiger charge is 2.09. The van der Waals surface area contributed by atoms with Gasteiger partial charge in [0.05, 0.1) is 5.01 Å². The maximum Gasteiger partial charge on any atom is 0.190 e. The van der Waals surface area contributed by atoms with E-state index in [1.165, 1.54) is 15.4 Å². The molecule has 0 radical (unpaired) electrons. The molecular formula is C20H32IN5S.